The summed E-state index contributed by atoms with van der Waals surface area (Å²) in [6.07, 6.45) is 3.90. The van der Waals surface area contributed by atoms with Crippen molar-refractivity contribution >= 4 is 11.6 Å². The molecule has 0 heterocycles. The van der Waals surface area contributed by atoms with Gasteiger partial charge >= 0.3 is 0 Å². The van der Waals surface area contributed by atoms with Gasteiger partial charge in [0.15, 0.2) is 0 Å². The summed E-state index contributed by atoms with van der Waals surface area (Å²) in [6, 6.07) is 4.94. The monoisotopic (exact) mass is 297 g/mol. The van der Waals surface area contributed by atoms with E-state index in [2.05, 4.69) is 27.7 Å². The van der Waals surface area contributed by atoms with E-state index >= 15 is 0 Å². The Morgan fingerprint density at radius 3 is 2.15 bits per heavy atom. The molecule has 0 radical (unpaired) electrons. The first-order chi connectivity index (χ1) is 9.00. The van der Waals surface area contributed by atoms with E-state index in [-0.39, 0.29) is 27.2 Å². The number of halogens is 2. The molecule has 3 heteroatoms. The quantitative estimate of drug-likeness (QED) is 0.820. The Morgan fingerprint density at radius 2 is 1.65 bits per heavy atom. The van der Waals surface area contributed by atoms with E-state index in [0.717, 1.165) is 24.8 Å². The zero-order valence-electron chi connectivity index (χ0n) is 12.9. The highest BCUT2D eigenvalue weighted by molar-refractivity contribution is 6.30. The van der Waals surface area contributed by atoms with E-state index in [1.807, 2.05) is 0 Å². The van der Waals surface area contributed by atoms with Gasteiger partial charge in [0.2, 0.25) is 0 Å². The third-order valence-electron chi connectivity index (χ3n) is 4.16. The number of nitrogens with two attached hydrogens (primary N) is 1. The van der Waals surface area contributed by atoms with E-state index in [1.54, 1.807) is 12.1 Å². The molecule has 0 aliphatic heterocycles. The van der Waals surface area contributed by atoms with Crippen LogP contribution in [-0.2, 0) is 6.42 Å². The standard InChI is InChI=1S/C17H25ClFN/c1-15(2)9-16(3,4)11-17(20,10-15)8-12-5-6-14(19)13(18)7-12/h5-7H,8-11,20H2,1-4H3. The maximum atomic E-state index is 13.3. The molecule has 0 bridgehead atoms. The fourth-order valence-corrected chi connectivity index (χ4v) is 4.77. The van der Waals surface area contributed by atoms with Gasteiger partial charge < -0.3 is 5.73 Å². The van der Waals surface area contributed by atoms with Crippen molar-refractivity contribution in [3.8, 4) is 0 Å². The van der Waals surface area contributed by atoms with Crippen LogP contribution in [0.15, 0.2) is 18.2 Å². The number of hydrogen-bond donors (Lipinski definition) is 1. The Morgan fingerprint density at radius 1 is 1.10 bits per heavy atom. The molecular formula is C17H25ClFN. The van der Waals surface area contributed by atoms with Crippen molar-refractivity contribution in [2.75, 3.05) is 0 Å². The van der Waals surface area contributed by atoms with Crippen molar-refractivity contribution in [2.45, 2.75) is 58.9 Å². The van der Waals surface area contributed by atoms with E-state index in [4.69, 9.17) is 17.3 Å². The minimum atomic E-state index is -0.370. The molecule has 1 saturated carbocycles. The van der Waals surface area contributed by atoms with E-state index in [0.29, 0.717) is 0 Å². The Labute approximate surface area is 126 Å². The summed E-state index contributed by atoms with van der Waals surface area (Å²) in [5, 5.41) is 0.181. The molecule has 1 aromatic rings. The Hall–Kier alpha value is -0.600. The van der Waals surface area contributed by atoms with E-state index in [9.17, 15) is 4.39 Å². The first-order valence-corrected chi connectivity index (χ1v) is 7.61. The second-order valence-corrected chi connectivity index (χ2v) is 8.55. The number of rotatable bonds is 2. The Balaban J connectivity index is 2.23. The molecule has 0 spiro atoms. The predicted molar refractivity (Wildman–Crippen MR) is 83.4 cm³/mol. The smallest absolute Gasteiger partial charge is 0.141 e. The van der Waals surface area contributed by atoms with Crippen molar-refractivity contribution in [1.82, 2.24) is 0 Å². The van der Waals surface area contributed by atoms with Crippen molar-refractivity contribution in [2.24, 2.45) is 16.6 Å². The molecule has 0 unspecified atom stereocenters. The lowest BCUT2D eigenvalue weighted by Crippen LogP contribution is -2.53. The fourth-order valence-electron chi connectivity index (χ4n) is 4.57. The van der Waals surface area contributed by atoms with Gasteiger partial charge in [0, 0.05) is 5.54 Å². The summed E-state index contributed by atoms with van der Waals surface area (Å²) in [5.74, 6) is -0.370. The van der Waals surface area contributed by atoms with Crippen LogP contribution in [0, 0.1) is 16.6 Å². The zero-order valence-corrected chi connectivity index (χ0v) is 13.6. The minimum Gasteiger partial charge on any atom is -0.325 e. The topological polar surface area (TPSA) is 26.0 Å². The van der Waals surface area contributed by atoms with Gasteiger partial charge in [-0.25, -0.2) is 4.39 Å². The van der Waals surface area contributed by atoms with E-state index < -0.39 is 0 Å². The van der Waals surface area contributed by atoms with Gasteiger partial charge in [0.05, 0.1) is 5.02 Å². The summed E-state index contributed by atoms with van der Waals surface area (Å²) < 4.78 is 13.3. The zero-order chi connectivity index (χ0) is 15.2. The first kappa shape index (κ1) is 15.8. The second kappa shape index (κ2) is 4.99. The normalized spacial score (nSPS) is 23.6. The molecule has 0 amide bonds. The summed E-state index contributed by atoms with van der Waals surface area (Å²) in [6.45, 7) is 9.14. The number of benzene rings is 1. The van der Waals surface area contributed by atoms with E-state index in [1.165, 1.54) is 12.5 Å². The molecule has 0 saturated heterocycles. The molecule has 1 fully saturated rings. The highest BCUT2D eigenvalue weighted by Crippen LogP contribution is 2.50. The largest absolute Gasteiger partial charge is 0.325 e. The lowest BCUT2D eigenvalue weighted by molar-refractivity contribution is 0.0487. The summed E-state index contributed by atoms with van der Waals surface area (Å²) >= 11 is 5.87. The summed E-state index contributed by atoms with van der Waals surface area (Å²) in [7, 11) is 0. The van der Waals surface area contributed by atoms with Crippen LogP contribution in [0.5, 0.6) is 0 Å². The third kappa shape index (κ3) is 3.73. The lowest BCUT2D eigenvalue weighted by Gasteiger charge is -2.50. The van der Waals surface area contributed by atoms with Crippen LogP contribution in [0.1, 0.15) is 52.5 Å². The molecule has 1 aliphatic carbocycles. The second-order valence-electron chi connectivity index (χ2n) is 8.15. The van der Waals surface area contributed by atoms with Crippen molar-refractivity contribution in [3.05, 3.63) is 34.6 Å². The molecule has 20 heavy (non-hydrogen) atoms. The highest BCUT2D eigenvalue weighted by Gasteiger charge is 2.45. The van der Waals surface area contributed by atoms with Crippen LogP contribution in [-0.4, -0.2) is 5.54 Å². The maximum absolute atomic E-state index is 13.3. The Kier molecular flexibility index (Phi) is 3.94. The van der Waals surface area contributed by atoms with Crippen LogP contribution in [0.3, 0.4) is 0 Å². The average molecular weight is 298 g/mol. The molecule has 112 valence electrons. The van der Waals surface area contributed by atoms with Crippen LogP contribution < -0.4 is 5.73 Å². The van der Waals surface area contributed by atoms with Gasteiger partial charge in [-0.15, -0.1) is 0 Å². The van der Waals surface area contributed by atoms with Crippen LogP contribution in [0.4, 0.5) is 4.39 Å². The van der Waals surface area contributed by atoms with Gasteiger partial charge in [-0.1, -0.05) is 45.4 Å². The third-order valence-corrected chi connectivity index (χ3v) is 4.45. The van der Waals surface area contributed by atoms with Crippen LogP contribution in [0.25, 0.3) is 0 Å². The summed E-state index contributed by atoms with van der Waals surface area (Å²) in [5.41, 5.74) is 7.94. The molecule has 0 aromatic heterocycles. The van der Waals surface area contributed by atoms with Gasteiger partial charge in [0.25, 0.3) is 0 Å². The van der Waals surface area contributed by atoms with Crippen molar-refractivity contribution in [1.29, 1.82) is 0 Å². The SMILES string of the molecule is CC1(C)CC(C)(C)CC(N)(Cc2ccc(F)c(Cl)c2)C1. The van der Waals surface area contributed by atoms with Gasteiger partial charge in [-0.05, 0) is 54.2 Å². The highest BCUT2D eigenvalue weighted by atomic mass is 35.5. The molecule has 2 N–H and O–H groups in total. The van der Waals surface area contributed by atoms with Gasteiger partial charge in [0.1, 0.15) is 5.82 Å². The van der Waals surface area contributed by atoms with Gasteiger partial charge in [-0.2, -0.15) is 0 Å². The molecule has 2 rings (SSSR count). The maximum Gasteiger partial charge on any atom is 0.141 e. The fraction of sp³-hybridized carbons (Fsp3) is 0.647. The minimum absolute atomic E-state index is 0.181. The molecular weight excluding hydrogens is 273 g/mol. The van der Waals surface area contributed by atoms with Crippen LogP contribution in [0.2, 0.25) is 5.02 Å². The van der Waals surface area contributed by atoms with Gasteiger partial charge in [-0.3, -0.25) is 0 Å². The number of hydrogen-bond acceptors (Lipinski definition) is 1. The average Bonchev–Trinajstić information content (AvgIpc) is 2.17. The Bertz CT molecular complexity index is 492. The summed E-state index contributed by atoms with van der Waals surface area (Å²) in [4.78, 5) is 0. The lowest BCUT2D eigenvalue weighted by atomic mass is 9.57. The van der Waals surface area contributed by atoms with Crippen molar-refractivity contribution in [3.63, 3.8) is 0 Å². The molecule has 1 aliphatic rings. The first-order valence-electron chi connectivity index (χ1n) is 7.23. The molecule has 1 aromatic carbocycles. The van der Waals surface area contributed by atoms with Crippen LogP contribution >= 0.6 is 11.6 Å². The predicted octanol–water partition coefficient (Wildman–Crippen LogP) is 4.96. The van der Waals surface area contributed by atoms with Crippen molar-refractivity contribution < 1.29 is 4.39 Å². The molecule has 1 nitrogen and oxygen atoms in total. The molecule has 0 atom stereocenters.